The smallest absolute Gasteiger partial charge is 0.359 e. The van der Waals surface area contributed by atoms with E-state index in [0.717, 1.165) is 13.2 Å². The van der Waals surface area contributed by atoms with Crippen molar-refractivity contribution in [2.45, 2.75) is 6.43 Å². The standard InChI is InChI=1S/C8H5F3INO2/c1-15-8(14)5-3(9)2-4(12)6(13-5)7(10)11/h2,7H,1H3. The zero-order valence-electron chi connectivity index (χ0n) is 7.43. The van der Waals surface area contributed by atoms with Crippen molar-refractivity contribution >= 4 is 28.6 Å². The fourth-order valence-electron chi connectivity index (χ4n) is 0.874. The predicted octanol–water partition coefficient (Wildman–Crippen LogP) is 2.55. The Kier molecular flexibility index (Phi) is 3.89. The van der Waals surface area contributed by atoms with E-state index >= 15 is 0 Å². The first kappa shape index (κ1) is 12.2. The first-order valence-corrected chi connectivity index (χ1v) is 4.77. The van der Waals surface area contributed by atoms with Crippen molar-refractivity contribution in [1.82, 2.24) is 4.98 Å². The minimum Gasteiger partial charge on any atom is -0.464 e. The lowest BCUT2D eigenvalue weighted by atomic mass is 10.3. The van der Waals surface area contributed by atoms with Gasteiger partial charge in [0.15, 0.2) is 11.5 Å². The Labute approximate surface area is 96.8 Å². The van der Waals surface area contributed by atoms with E-state index in [-0.39, 0.29) is 3.57 Å². The number of carbonyl (C=O) groups is 1. The molecule has 0 atom stereocenters. The SMILES string of the molecule is COC(=O)c1nc(C(F)F)c(I)cc1F. The molecule has 0 spiro atoms. The molecule has 0 saturated heterocycles. The van der Waals surface area contributed by atoms with Gasteiger partial charge in [-0.25, -0.2) is 22.9 Å². The van der Waals surface area contributed by atoms with Crippen LogP contribution in [0.1, 0.15) is 22.6 Å². The topological polar surface area (TPSA) is 39.2 Å². The van der Waals surface area contributed by atoms with Crippen LogP contribution in [0.3, 0.4) is 0 Å². The number of methoxy groups -OCH3 is 1. The van der Waals surface area contributed by atoms with Crippen LogP contribution < -0.4 is 0 Å². The van der Waals surface area contributed by atoms with Gasteiger partial charge in [0.2, 0.25) is 0 Å². The average molecular weight is 331 g/mol. The summed E-state index contributed by atoms with van der Waals surface area (Å²) in [6.07, 6.45) is -2.86. The van der Waals surface area contributed by atoms with E-state index in [9.17, 15) is 18.0 Å². The van der Waals surface area contributed by atoms with Gasteiger partial charge in [0.05, 0.1) is 7.11 Å². The highest BCUT2D eigenvalue weighted by Crippen LogP contribution is 2.24. The van der Waals surface area contributed by atoms with Crippen LogP contribution in [-0.2, 0) is 4.74 Å². The molecular formula is C8H5F3INO2. The molecule has 0 N–H and O–H groups in total. The number of rotatable bonds is 2. The van der Waals surface area contributed by atoms with Gasteiger partial charge in [0, 0.05) is 3.57 Å². The van der Waals surface area contributed by atoms with Crippen LogP contribution >= 0.6 is 22.6 Å². The quantitative estimate of drug-likeness (QED) is 0.618. The normalized spacial score (nSPS) is 10.5. The second-order valence-corrected chi connectivity index (χ2v) is 3.64. The number of hydrogen-bond donors (Lipinski definition) is 0. The van der Waals surface area contributed by atoms with Gasteiger partial charge in [-0.3, -0.25) is 0 Å². The molecule has 0 fully saturated rings. The Balaban J connectivity index is 3.29. The van der Waals surface area contributed by atoms with Crippen molar-refractivity contribution in [3.8, 4) is 0 Å². The molecule has 0 aromatic carbocycles. The summed E-state index contributed by atoms with van der Waals surface area (Å²) in [4.78, 5) is 14.2. The highest BCUT2D eigenvalue weighted by molar-refractivity contribution is 14.1. The number of halogens is 4. The van der Waals surface area contributed by atoms with E-state index in [2.05, 4.69) is 9.72 Å². The van der Waals surface area contributed by atoms with Crippen molar-refractivity contribution < 1.29 is 22.7 Å². The number of ether oxygens (including phenoxy) is 1. The maximum Gasteiger partial charge on any atom is 0.359 e. The van der Waals surface area contributed by atoms with E-state index in [0.29, 0.717) is 0 Å². The van der Waals surface area contributed by atoms with Crippen molar-refractivity contribution in [3.05, 3.63) is 26.8 Å². The summed E-state index contributed by atoms with van der Waals surface area (Å²) in [5.41, 5.74) is -1.36. The largest absolute Gasteiger partial charge is 0.464 e. The van der Waals surface area contributed by atoms with Crippen LogP contribution in [-0.4, -0.2) is 18.1 Å². The third-order valence-corrected chi connectivity index (χ3v) is 2.41. The average Bonchev–Trinajstić information content (AvgIpc) is 2.16. The molecule has 1 rings (SSSR count). The summed E-state index contributed by atoms with van der Waals surface area (Å²) in [6, 6.07) is 0.821. The van der Waals surface area contributed by atoms with Crippen LogP contribution in [0, 0.1) is 9.39 Å². The molecule has 1 heterocycles. The van der Waals surface area contributed by atoms with E-state index in [1.807, 2.05) is 0 Å². The van der Waals surface area contributed by atoms with Gasteiger partial charge < -0.3 is 4.74 Å². The maximum atomic E-state index is 13.1. The molecule has 0 amide bonds. The summed E-state index contributed by atoms with van der Waals surface area (Å²) in [5.74, 6) is -2.05. The first-order valence-electron chi connectivity index (χ1n) is 3.69. The Morgan fingerprint density at radius 1 is 1.60 bits per heavy atom. The number of alkyl halides is 2. The molecule has 0 radical (unpaired) electrons. The van der Waals surface area contributed by atoms with Crippen molar-refractivity contribution in [3.63, 3.8) is 0 Å². The second-order valence-electron chi connectivity index (χ2n) is 2.48. The predicted molar refractivity (Wildman–Crippen MR) is 53.2 cm³/mol. The summed E-state index contributed by atoms with van der Waals surface area (Å²) >= 11 is 1.52. The van der Waals surface area contributed by atoms with Crippen LogP contribution in [0.5, 0.6) is 0 Å². The lowest BCUT2D eigenvalue weighted by molar-refractivity contribution is 0.0586. The third-order valence-electron chi connectivity index (χ3n) is 1.54. The molecule has 0 aliphatic heterocycles. The number of hydrogen-bond acceptors (Lipinski definition) is 3. The zero-order valence-corrected chi connectivity index (χ0v) is 9.59. The van der Waals surface area contributed by atoms with Crippen LogP contribution in [0.25, 0.3) is 0 Å². The third kappa shape index (κ3) is 2.58. The molecule has 7 heteroatoms. The minimum absolute atomic E-state index is 0.0345. The highest BCUT2D eigenvalue weighted by Gasteiger charge is 2.21. The Hall–Kier alpha value is -0.860. The van der Waals surface area contributed by atoms with E-state index in [1.54, 1.807) is 0 Å². The molecule has 0 saturated carbocycles. The molecule has 0 aliphatic carbocycles. The molecule has 15 heavy (non-hydrogen) atoms. The summed E-state index contributed by atoms with van der Waals surface area (Å²) in [7, 11) is 1.02. The molecule has 1 aromatic rings. The Morgan fingerprint density at radius 2 is 2.20 bits per heavy atom. The Bertz CT molecular complexity index is 398. The van der Waals surface area contributed by atoms with Gasteiger partial charge in [0.1, 0.15) is 5.69 Å². The second kappa shape index (κ2) is 4.77. The van der Waals surface area contributed by atoms with Gasteiger partial charge in [-0.05, 0) is 28.7 Å². The van der Waals surface area contributed by atoms with Gasteiger partial charge in [-0.1, -0.05) is 0 Å². The zero-order chi connectivity index (χ0) is 11.6. The van der Waals surface area contributed by atoms with E-state index in [4.69, 9.17) is 0 Å². The van der Waals surface area contributed by atoms with Crippen molar-refractivity contribution in [2.75, 3.05) is 7.11 Å². The van der Waals surface area contributed by atoms with E-state index in [1.165, 1.54) is 22.6 Å². The number of carbonyl (C=O) groups excluding carboxylic acids is 1. The molecule has 1 aromatic heterocycles. The number of pyridine rings is 1. The van der Waals surface area contributed by atoms with E-state index < -0.39 is 29.6 Å². The number of aromatic nitrogens is 1. The van der Waals surface area contributed by atoms with Gasteiger partial charge in [-0.2, -0.15) is 0 Å². The fourth-order valence-corrected chi connectivity index (χ4v) is 1.50. The first-order chi connectivity index (χ1) is 6.97. The Morgan fingerprint density at radius 3 is 2.67 bits per heavy atom. The van der Waals surface area contributed by atoms with Gasteiger partial charge >= 0.3 is 5.97 Å². The van der Waals surface area contributed by atoms with Crippen LogP contribution in [0.2, 0.25) is 0 Å². The minimum atomic E-state index is -2.86. The molecule has 0 aliphatic rings. The molecular weight excluding hydrogens is 326 g/mol. The van der Waals surface area contributed by atoms with Crippen molar-refractivity contribution in [1.29, 1.82) is 0 Å². The highest BCUT2D eigenvalue weighted by atomic mass is 127. The molecule has 0 bridgehead atoms. The summed E-state index contributed by atoms with van der Waals surface area (Å²) < 4.78 is 42.0. The number of esters is 1. The molecule has 82 valence electrons. The van der Waals surface area contributed by atoms with Gasteiger partial charge in [0.25, 0.3) is 6.43 Å². The lowest BCUT2D eigenvalue weighted by Crippen LogP contribution is -2.11. The number of nitrogens with zero attached hydrogens (tertiary/aromatic N) is 1. The summed E-state index contributed by atoms with van der Waals surface area (Å²) in [5, 5.41) is 0. The van der Waals surface area contributed by atoms with Gasteiger partial charge in [-0.15, -0.1) is 0 Å². The molecule has 3 nitrogen and oxygen atoms in total. The monoisotopic (exact) mass is 331 g/mol. The van der Waals surface area contributed by atoms with Crippen LogP contribution in [0.15, 0.2) is 6.07 Å². The fraction of sp³-hybridized carbons (Fsp3) is 0.250. The summed E-state index contributed by atoms with van der Waals surface area (Å²) in [6.45, 7) is 0. The lowest BCUT2D eigenvalue weighted by Gasteiger charge is -2.05. The van der Waals surface area contributed by atoms with Crippen LogP contribution in [0.4, 0.5) is 13.2 Å². The maximum absolute atomic E-state index is 13.1. The van der Waals surface area contributed by atoms with Crippen molar-refractivity contribution in [2.24, 2.45) is 0 Å². The molecule has 0 unspecified atom stereocenters.